The Morgan fingerprint density at radius 1 is 1.30 bits per heavy atom. The first-order valence-corrected chi connectivity index (χ1v) is 8.79. The largest absolute Gasteiger partial charge is 0.349 e. The molecule has 0 bridgehead atoms. The number of nitrogens with zero attached hydrogens (tertiary/aromatic N) is 2. The van der Waals surface area contributed by atoms with Crippen LogP contribution in [0.5, 0.6) is 0 Å². The molecule has 1 aromatic rings. The number of hydrogen-bond acceptors (Lipinski definition) is 3. The molecule has 0 aliphatic heterocycles. The third-order valence-electron chi connectivity index (χ3n) is 3.41. The van der Waals surface area contributed by atoms with Gasteiger partial charge in [0.15, 0.2) is 0 Å². The molecule has 0 saturated heterocycles. The van der Waals surface area contributed by atoms with Crippen molar-refractivity contribution in [2.45, 2.75) is 51.6 Å². The van der Waals surface area contributed by atoms with Gasteiger partial charge in [0.2, 0.25) is 10.0 Å². The number of nitrogens with one attached hydrogen (secondary N) is 1. The summed E-state index contributed by atoms with van der Waals surface area (Å²) in [5.74, 6) is 0. The van der Waals surface area contributed by atoms with Gasteiger partial charge in [-0.25, -0.2) is 8.42 Å². The second-order valence-corrected chi connectivity index (χ2v) is 6.77. The van der Waals surface area contributed by atoms with Crippen molar-refractivity contribution < 1.29 is 8.42 Å². The number of rotatable bonds is 9. The van der Waals surface area contributed by atoms with E-state index in [0.717, 1.165) is 25.1 Å². The lowest BCUT2D eigenvalue weighted by Crippen LogP contribution is -2.31. The minimum atomic E-state index is -3.37. The maximum absolute atomic E-state index is 12.6. The summed E-state index contributed by atoms with van der Waals surface area (Å²) in [6, 6.07) is 1.78. The molecule has 1 aromatic heterocycles. The highest BCUT2D eigenvalue weighted by Gasteiger charge is 2.24. The van der Waals surface area contributed by atoms with Crippen LogP contribution in [0.2, 0.25) is 0 Å². The lowest BCUT2D eigenvalue weighted by molar-refractivity contribution is 0.419. The van der Waals surface area contributed by atoms with Crippen molar-refractivity contribution in [1.82, 2.24) is 14.2 Å². The van der Waals surface area contributed by atoms with E-state index in [1.54, 1.807) is 16.6 Å². The van der Waals surface area contributed by atoms with Crippen molar-refractivity contribution in [3.05, 3.63) is 18.0 Å². The average Bonchev–Trinajstić information content (AvgIpc) is 2.83. The smallest absolute Gasteiger partial charge is 0.244 e. The monoisotopic (exact) mass is 301 g/mol. The van der Waals surface area contributed by atoms with Gasteiger partial charge in [0.1, 0.15) is 4.90 Å². The van der Waals surface area contributed by atoms with E-state index >= 15 is 0 Å². The fourth-order valence-electron chi connectivity index (χ4n) is 2.22. The second kappa shape index (κ2) is 7.81. The summed E-state index contributed by atoms with van der Waals surface area (Å²) in [7, 11) is -1.51. The molecule has 5 nitrogen and oxygen atoms in total. The molecule has 116 valence electrons. The number of aryl methyl sites for hydroxylation is 1. The minimum absolute atomic E-state index is 0.405. The van der Waals surface area contributed by atoms with Crippen LogP contribution in [0.4, 0.5) is 0 Å². The molecule has 0 atom stereocenters. The van der Waals surface area contributed by atoms with E-state index in [9.17, 15) is 8.42 Å². The van der Waals surface area contributed by atoms with Crippen molar-refractivity contribution in [1.29, 1.82) is 0 Å². The number of sulfonamides is 1. The molecule has 0 aliphatic rings. The molecule has 1 rings (SSSR count). The topological polar surface area (TPSA) is 54.3 Å². The van der Waals surface area contributed by atoms with Gasteiger partial charge in [-0.1, -0.05) is 20.3 Å². The van der Waals surface area contributed by atoms with Gasteiger partial charge in [-0.05, 0) is 26.5 Å². The molecule has 6 heteroatoms. The molecule has 1 N–H and O–H groups in total. The number of unbranched alkanes of at least 4 members (excludes halogenated alkanes) is 1. The van der Waals surface area contributed by atoms with Gasteiger partial charge in [-0.15, -0.1) is 0 Å². The van der Waals surface area contributed by atoms with Gasteiger partial charge in [0, 0.05) is 38.1 Å². The van der Waals surface area contributed by atoms with Crippen molar-refractivity contribution in [3.8, 4) is 0 Å². The Morgan fingerprint density at radius 2 is 2.00 bits per heavy atom. The number of aromatic nitrogens is 1. The molecule has 0 radical (unpaired) electrons. The Bertz CT molecular complexity index is 508. The third-order valence-corrected chi connectivity index (χ3v) is 5.35. The van der Waals surface area contributed by atoms with Gasteiger partial charge in [-0.3, -0.25) is 0 Å². The molecule has 0 spiro atoms. The van der Waals surface area contributed by atoms with E-state index in [2.05, 4.69) is 12.2 Å². The van der Waals surface area contributed by atoms with Crippen LogP contribution in [0, 0.1) is 0 Å². The Balaban J connectivity index is 3.07. The zero-order valence-corrected chi connectivity index (χ0v) is 13.8. The van der Waals surface area contributed by atoms with E-state index in [1.165, 1.54) is 0 Å². The summed E-state index contributed by atoms with van der Waals surface area (Å²) in [5, 5.41) is 3.07. The molecular weight excluding hydrogens is 274 g/mol. The first-order chi connectivity index (χ1) is 9.51. The highest BCUT2D eigenvalue weighted by Crippen LogP contribution is 2.19. The lowest BCUT2D eigenvalue weighted by atomic mass is 10.3. The Hall–Kier alpha value is -0.850. The third kappa shape index (κ3) is 3.84. The minimum Gasteiger partial charge on any atom is -0.349 e. The lowest BCUT2D eigenvalue weighted by Gasteiger charge is -2.19. The van der Waals surface area contributed by atoms with Gasteiger partial charge >= 0.3 is 0 Å². The Morgan fingerprint density at radius 3 is 2.50 bits per heavy atom. The van der Waals surface area contributed by atoms with Gasteiger partial charge < -0.3 is 9.88 Å². The molecule has 0 aromatic carbocycles. The van der Waals surface area contributed by atoms with Gasteiger partial charge in [-0.2, -0.15) is 4.31 Å². The van der Waals surface area contributed by atoms with Crippen LogP contribution >= 0.6 is 0 Å². The highest BCUT2D eigenvalue weighted by molar-refractivity contribution is 7.89. The molecule has 0 aliphatic carbocycles. The molecule has 0 unspecified atom stereocenters. The molecule has 0 saturated carbocycles. The van der Waals surface area contributed by atoms with Gasteiger partial charge in [0.25, 0.3) is 0 Å². The van der Waals surface area contributed by atoms with Crippen LogP contribution < -0.4 is 5.32 Å². The zero-order chi connectivity index (χ0) is 15.2. The van der Waals surface area contributed by atoms with Crippen molar-refractivity contribution in [3.63, 3.8) is 0 Å². The van der Waals surface area contributed by atoms with Crippen molar-refractivity contribution in [2.75, 3.05) is 20.1 Å². The summed E-state index contributed by atoms with van der Waals surface area (Å²) in [5.41, 5.74) is 1.00. The molecule has 0 fully saturated rings. The van der Waals surface area contributed by atoms with Gasteiger partial charge in [0.05, 0.1) is 0 Å². The fourth-order valence-corrected chi connectivity index (χ4v) is 3.77. The van der Waals surface area contributed by atoms with Crippen LogP contribution in [0.25, 0.3) is 0 Å². The highest BCUT2D eigenvalue weighted by atomic mass is 32.2. The van der Waals surface area contributed by atoms with E-state index in [4.69, 9.17) is 0 Å². The molecule has 0 amide bonds. The van der Waals surface area contributed by atoms with E-state index in [1.807, 2.05) is 25.5 Å². The SMILES string of the molecule is CCCCN(CC)S(=O)(=O)c1cc(CNC)n(CC)c1. The Labute approximate surface area is 123 Å². The summed E-state index contributed by atoms with van der Waals surface area (Å²) >= 11 is 0. The van der Waals surface area contributed by atoms with Crippen LogP contribution in [0.1, 0.15) is 39.3 Å². The summed E-state index contributed by atoms with van der Waals surface area (Å²) < 4.78 is 28.8. The first kappa shape index (κ1) is 17.2. The van der Waals surface area contributed by atoms with Crippen molar-refractivity contribution in [2.24, 2.45) is 0 Å². The van der Waals surface area contributed by atoms with Crippen molar-refractivity contribution >= 4 is 10.0 Å². The number of hydrogen-bond donors (Lipinski definition) is 1. The molecule has 1 heterocycles. The van der Waals surface area contributed by atoms with Crippen LogP contribution in [-0.4, -0.2) is 37.4 Å². The van der Waals surface area contributed by atoms with E-state index < -0.39 is 10.0 Å². The van der Waals surface area contributed by atoms with Crippen LogP contribution in [0.3, 0.4) is 0 Å². The van der Waals surface area contributed by atoms with E-state index in [-0.39, 0.29) is 0 Å². The second-order valence-electron chi connectivity index (χ2n) is 4.83. The normalized spacial score (nSPS) is 12.2. The zero-order valence-electron chi connectivity index (χ0n) is 13.0. The Kier molecular flexibility index (Phi) is 6.71. The maximum atomic E-state index is 12.6. The summed E-state index contributed by atoms with van der Waals surface area (Å²) in [6.07, 6.45) is 3.63. The standard InChI is InChI=1S/C14H27N3O2S/c1-5-8-9-17(7-3)20(18,19)14-10-13(11-15-4)16(6-2)12-14/h10,12,15H,5-9,11H2,1-4H3. The summed E-state index contributed by atoms with van der Waals surface area (Å²) in [4.78, 5) is 0.405. The predicted octanol–water partition coefficient (Wildman–Crippen LogP) is 2.04. The quantitative estimate of drug-likeness (QED) is 0.759. The summed E-state index contributed by atoms with van der Waals surface area (Å²) in [6.45, 7) is 8.52. The van der Waals surface area contributed by atoms with Crippen LogP contribution in [0.15, 0.2) is 17.2 Å². The molecular formula is C14H27N3O2S. The first-order valence-electron chi connectivity index (χ1n) is 7.34. The fraction of sp³-hybridized carbons (Fsp3) is 0.714. The maximum Gasteiger partial charge on any atom is 0.244 e. The molecule has 20 heavy (non-hydrogen) atoms. The van der Waals surface area contributed by atoms with E-state index in [0.29, 0.717) is 24.5 Å². The average molecular weight is 301 g/mol. The predicted molar refractivity (Wildman–Crippen MR) is 82.2 cm³/mol. The van der Waals surface area contributed by atoms with Crippen LogP contribution in [-0.2, 0) is 23.1 Å².